The Bertz CT molecular complexity index is 1260. The molecular formula is C23H17N5O2. The van der Waals surface area contributed by atoms with Crippen molar-refractivity contribution in [1.29, 1.82) is 0 Å². The van der Waals surface area contributed by atoms with Crippen LogP contribution in [0.3, 0.4) is 0 Å². The zero-order valence-electron chi connectivity index (χ0n) is 15.9. The summed E-state index contributed by atoms with van der Waals surface area (Å²) in [4.78, 5) is 25.1. The van der Waals surface area contributed by atoms with Gasteiger partial charge in [-0.1, -0.05) is 54.5 Å². The van der Waals surface area contributed by atoms with Gasteiger partial charge in [-0.2, -0.15) is 0 Å². The molecule has 1 N–H and O–H groups in total. The van der Waals surface area contributed by atoms with E-state index in [0.717, 1.165) is 11.1 Å². The van der Waals surface area contributed by atoms with Crippen molar-refractivity contribution < 1.29 is 9.53 Å². The molecule has 0 saturated carbocycles. The van der Waals surface area contributed by atoms with Crippen molar-refractivity contribution in [3.63, 3.8) is 0 Å². The van der Waals surface area contributed by atoms with Gasteiger partial charge in [-0.15, -0.1) is 6.42 Å². The van der Waals surface area contributed by atoms with Gasteiger partial charge in [0.05, 0.1) is 12.9 Å². The van der Waals surface area contributed by atoms with E-state index in [1.807, 2.05) is 24.3 Å². The highest BCUT2D eigenvalue weighted by atomic mass is 16.5. The fraction of sp³-hybridized carbons (Fsp3) is 0.130. The van der Waals surface area contributed by atoms with Crippen LogP contribution in [-0.2, 0) is 11.3 Å². The van der Waals surface area contributed by atoms with E-state index in [9.17, 15) is 4.79 Å². The minimum atomic E-state index is -0.594. The summed E-state index contributed by atoms with van der Waals surface area (Å²) in [5.74, 6) is 2.82. The number of hydrogen-bond acceptors (Lipinski definition) is 5. The van der Waals surface area contributed by atoms with Crippen LogP contribution >= 0.6 is 0 Å². The van der Waals surface area contributed by atoms with Crippen LogP contribution in [0.15, 0.2) is 61.2 Å². The van der Waals surface area contributed by atoms with Crippen LogP contribution in [0.5, 0.6) is 0 Å². The molecule has 0 fully saturated rings. The highest BCUT2D eigenvalue weighted by molar-refractivity contribution is 5.93. The number of aromatic nitrogens is 4. The van der Waals surface area contributed by atoms with Crippen LogP contribution in [0.2, 0.25) is 0 Å². The summed E-state index contributed by atoms with van der Waals surface area (Å²) in [6.45, 7) is 0.553. The van der Waals surface area contributed by atoms with Gasteiger partial charge in [-0.05, 0) is 22.3 Å². The molecule has 7 heteroatoms. The minimum Gasteiger partial charge on any atom is -0.448 e. The first-order valence-electron chi connectivity index (χ1n) is 9.47. The Morgan fingerprint density at radius 1 is 1.07 bits per heavy atom. The highest BCUT2D eigenvalue weighted by Crippen LogP contribution is 2.44. The van der Waals surface area contributed by atoms with E-state index >= 15 is 0 Å². The second-order valence-electron chi connectivity index (χ2n) is 6.92. The van der Waals surface area contributed by atoms with E-state index in [1.165, 1.54) is 17.5 Å². The number of benzene rings is 2. The molecule has 0 radical (unpaired) electrons. The lowest BCUT2D eigenvalue weighted by molar-refractivity contribution is 0.158. The predicted octanol–water partition coefficient (Wildman–Crippen LogP) is 3.82. The third kappa shape index (κ3) is 2.95. The van der Waals surface area contributed by atoms with Gasteiger partial charge in [-0.25, -0.2) is 19.7 Å². The summed E-state index contributed by atoms with van der Waals surface area (Å²) in [6, 6.07) is 16.4. The van der Waals surface area contributed by atoms with Crippen molar-refractivity contribution in [2.24, 2.45) is 0 Å². The van der Waals surface area contributed by atoms with Crippen molar-refractivity contribution in [2.45, 2.75) is 12.5 Å². The summed E-state index contributed by atoms with van der Waals surface area (Å²) in [7, 11) is 0. The Kier molecular flexibility index (Phi) is 4.37. The van der Waals surface area contributed by atoms with Crippen molar-refractivity contribution in [1.82, 2.24) is 19.5 Å². The molecule has 5 rings (SSSR count). The molecule has 0 atom stereocenters. The number of ether oxygens (including phenoxy) is 1. The topological polar surface area (TPSA) is 81.9 Å². The van der Waals surface area contributed by atoms with Crippen molar-refractivity contribution >= 4 is 23.1 Å². The SMILES string of the molecule is C#CCn1cnc2c(NC(=O)OCC3c4ccccc4-c4ccccc43)ncnc21. The number of imidazole rings is 1. The first-order chi connectivity index (χ1) is 14.8. The van der Waals surface area contributed by atoms with Crippen LogP contribution < -0.4 is 5.32 Å². The molecule has 2 aromatic heterocycles. The van der Waals surface area contributed by atoms with Gasteiger partial charge in [0, 0.05) is 5.92 Å². The lowest BCUT2D eigenvalue weighted by Crippen LogP contribution is -2.18. The van der Waals surface area contributed by atoms with E-state index < -0.39 is 6.09 Å². The maximum Gasteiger partial charge on any atom is 0.412 e. The molecule has 2 heterocycles. The van der Waals surface area contributed by atoms with E-state index in [-0.39, 0.29) is 18.3 Å². The number of carbonyl (C=O) groups excluding carboxylic acids is 1. The quantitative estimate of drug-likeness (QED) is 0.531. The highest BCUT2D eigenvalue weighted by Gasteiger charge is 2.29. The molecule has 0 unspecified atom stereocenters. The summed E-state index contributed by atoms with van der Waals surface area (Å²) < 4.78 is 7.28. The fourth-order valence-corrected chi connectivity index (χ4v) is 3.92. The number of anilines is 1. The third-order valence-electron chi connectivity index (χ3n) is 5.23. The van der Waals surface area contributed by atoms with Gasteiger partial charge >= 0.3 is 6.09 Å². The second kappa shape index (κ2) is 7.33. The van der Waals surface area contributed by atoms with Gasteiger partial charge < -0.3 is 9.30 Å². The maximum absolute atomic E-state index is 12.5. The molecule has 7 nitrogen and oxygen atoms in total. The number of nitrogens with zero attached hydrogens (tertiary/aromatic N) is 4. The average Bonchev–Trinajstić information content (AvgIpc) is 3.33. The zero-order chi connectivity index (χ0) is 20.5. The summed E-state index contributed by atoms with van der Waals surface area (Å²) in [5, 5.41) is 2.67. The normalized spacial score (nSPS) is 12.2. The number of hydrogen-bond donors (Lipinski definition) is 1. The van der Waals surface area contributed by atoms with Crippen molar-refractivity contribution in [2.75, 3.05) is 11.9 Å². The van der Waals surface area contributed by atoms with Gasteiger partial charge in [0.15, 0.2) is 17.0 Å². The molecule has 146 valence electrons. The molecule has 0 spiro atoms. The van der Waals surface area contributed by atoms with Crippen LogP contribution in [-0.4, -0.2) is 32.2 Å². The van der Waals surface area contributed by atoms with Crippen LogP contribution in [0.1, 0.15) is 17.0 Å². The molecule has 4 aromatic rings. The minimum absolute atomic E-state index is 0.0107. The molecule has 0 bridgehead atoms. The third-order valence-corrected chi connectivity index (χ3v) is 5.23. The van der Waals surface area contributed by atoms with Gasteiger partial charge in [0.2, 0.25) is 0 Å². The van der Waals surface area contributed by atoms with Crippen molar-refractivity contribution in [3.8, 4) is 23.5 Å². The monoisotopic (exact) mass is 395 g/mol. The molecule has 30 heavy (non-hydrogen) atoms. The Labute approximate surface area is 172 Å². The molecule has 1 amide bonds. The molecule has 0 aliphatic heterocycles. The van der Waals surface area contributed by atoms with Crippen LogP contribution in [0.4, 0.5) is 10.6 Å². The predicted molar refractivity (Wildman–Crippen MR) is 113 cm³/mol. The average molecular weight is 395 g/mol. The van der Waals surface area contributed by atoms with E-state index in [4.69, 9.17) is 11.2 Å². The lowest BCUT2D eigenvalue weighted by atomic mass is 9.98. The summed E-state index contributed by atoms with van der Waals surface area (Å²) in [6.07, 6.45) is 7.70. The Morgan fingerprint density at radius 3 is 2.47 bits per heavy atom. The van der Waals surface area contributed by atoms with E-state index in [2.05, 4.69) is 50.5 Å². The number of rotatable bonds is 4. The molecule has 0 saturated heterocycles. The summed E-state index contributed by atoms with van der Waals surface area (Å²) in [5.41, 5.74) is 5.68. The fourth-order valence-electron chi connectivity index (χ4n) is 3.92. The number of carbonyl (C=O) groups is 1. The molecule has 1 aliphatic carbocycles. The van der Waals surface area contributed by atoms with Crippen molar-refractivity contribution in [3.05, 3.63) is 72.3 Å². The number of nitrogens with one attached hydrogen (secondary N) is 1. The Hall–Kier alpha value is -4.18. The first kappa shape index (κ1) is 17.9. The van der Waals surface area contributed by atoms with Gasteiger partial charge in [-0.3, -0.25) is 5.32 Å². The summed E-state index contributed by atoms with van der Waals surface area (Å²) >= 11 is 0. The van der Waals surface area contributed by atoms with Crippen LogP contribution in [0, 0.1) is 12.3 Å². The standard InChI is InChI=1S/C23H17N5O2/c1-2-11-28-14-26-20-21(24-13-25-22(20)28)27-23(29)30-12-19-17-9-5-3-7-15(17)16-8-4-6-10-18(16)19/h1,3-10,13-14,19H,11-12H2,(H,24,25,27,29). The number of terminal acetylenes is 1. The lowest BCUT2D eigenvalue weighted by Gasteiger charge is -2.14. The number of fused-ring (bicyclic) bond motifs is 4. The zero-order valence-corrected chi connectivity index (χ0v) is 15.9. The van der Waals surface area contributed by atoms with Gasteiger partial charge in [0.1, 0.15) is 12.9 Å². The van der Waals surface area contributed by atoms with E-state index in [0.29, 0.717) is 17.7 Å². The second-order valence-corrected chi connectivity index (χ2v) is 6.92. The molecular weight excluding hydrogens is 378 g/mol. The maximum atomic E-state index is 12.5. The molecule has 2 aromatic carbocycles. The first-order valence-corrected chi connectivity index (χ1v) is 9.47. The smallest absolute Gasteiger partial charge is 0.412 e. The Balaban J connectivity index is 1.34. The molecule has 1 aliphatic rings. The number of amides is 1. The van der Waals surface area contributed by atoms with E-state index in [1.54, 1.807) is 10.9 Å². The van der Waals surface area contributed by atoms with Gasteiger partial charge in [0.25, 0.3) is 0 Å². The Morgan fingerprint density at radius 2 is 1.77 bits per heavy atom. The van der Waals surface area contributed by atoms with Crippen LogP contribution in [0.25, 0.3) is 22.3 Å². The largest absolute Gasteiger partial charge is 0.448 e.